The van der Waals surface area contributed by atoms with E-state index in [0.29, 0.717) is 0 Å². The molecular weight excluding hydrogens is 480 g/mol. The third-order valence-electron chi connectivity index (χ3n) is 5.69. The molecule has 10 atom stereocenters. The number of anilines is 1. The van der Waals surface area contributed by atoms with E-state index < -0.39 is 96.7 Å². The van der Waals surface area contributed by atoms with Crippen LogP contribution in [0.15, 0.2) is 18.2 Å². The molecule has 196 valence electrons. The molecule has 2 saturated heterocycles. The maximum Gasteiger partial charge on any atom is 0.336 e. The summed E-state index contributed by atoms with van der Waals surface area (Å²) in [6.45, 7) is -1.53. The van der Waals surface area contributed by atoms with Crippen molar-refractivity contribution >= 4 is 17.3 Å². The number of hydrogen-bond donors (Lipinski definition) is 9. The largest absolute Gasteiger partial charge is 0.478 e. The van der Waals surface area contributed by atoms with Crippen LogP contribution >= 0.6 is 0 Å². The Hall–Kier alpha value is -2.51. The summed E-state index contributed by atoms with van der Waals surface area (Å²) < 4.78 is 16.1. The third-order valence-corrected chi connectivity index (χ3v) is 5.69. The van der Waals surface area contributed by atoms with Gasteiger partial charge in [-0.1, -0.05) is 0 Å². The van der Waals surface area contributed by atoms with Crippen molar-refractivity contribution in [3.8, 4) is 0 Å². The van der Waals surface area contributed by atoms with Gasteiger partial charge in [0.15, 0.2) is 12.5 Å². The fraction of sp³-hybridized carbons (Fsp3) is 0.632. The van der Waals surface area contributed by atoms with Gasteiger partial charge in [-0.25, -0.2) is 4.79 Å². The molecule has 0 aromatic heterocycles. The quantitative estimate of drug-likeness (QED) is 0.121. The van der Waals surface area contributed by atoms with E-state index >= 15 is 0 Å². The first-order valence-corrected chi connectivity index (χ1v) is 10.4. The lowest BCUT2D eigenvalue weighted by Gasteiger charge is -2.46. The highest BCUT2D eigenvalue weighted by Crippen LogP contribution is 2.30. The molecule has 0 radical (unpaired) electrons. The average Bonchev–Trinajstić information content (AvgIpc) is 2.83. The average molecular weight is 506 g/mol. The van der Waals surface area contributed by atoms with Gasteiger partial charge in [0, 0.05) is 17.8 Å². The number of nitrogens with zero attached hydrogens (tertiary/aromatic N) is 1. The van der Waals surface area contributed by atoms with Gasteiger partial charge in [-0.05, 0) is 6.07 Å². The first kappa shape index (κ1) is 27.1. The second kappa shape index (κ2) is 11.0. The Bertz CT molecular complexity index is 881. The van der Waals surface area contributed by atoms with Gasteiger partial charge in [-0.2, -0.15) is 0 Å². The monoisotopic (exact) mass is 506 g/mol. The number of nitro benzene ring substituents is 1. The van der Waals surface area contributed by atoms with Crippen LogP contribution in [0.2, 0.25) is 0 Å². The summed E-state index contributed by atoms with van der Waals surface area (Å²) in [5.74, 6) is -1.46. The third kappa shape index (κ3) is 5.67. The van der Waals surface area contributed by atoms with Crippen LogP contribution in [0.25, 0.3) is 0 Å². The molecule has 0 aliphatic carbocycles. The standard InChI is InChI=1S/C19H26N2O14/c22-4-9-11(24)12(25)15(28)19(34-9)35-16-10(5-23)33-17(14(27)13(16)26)20-7-1-6(18(29)30)2-8(3-7)21(31)32/h1-3,9-17,19-20,22-28H,4-5H2,(H,29,30)/t9-,10-,11+,12+,13+,14-,15-,16-,17-,19+/m1/s1. The predicted octanol–water partition coefficient (Wildman–Crippen LogP) is -3.67. The molecular formula is C19H26N2O14. The highest BCUT2D eigenvalue weighted by Gasteiger charge is 2.50. The zero-order valence-corrected chi connectivity index (χ0v) is 17.9. The van der Waals surface area contributed by atoms with Gasteiger partial charge in [-0.15, -0.1) is 0 Å². The van der Waals surface area contributed by atoms with Crippen molar-refractivity contribution in [2.24, 2.45) is 0 Å². The minimum absolute atomic E-state index is 0.141. The van der Waals surface area contributed by atoms with Crippen molar-refractivity contribution in [2.45, 2.75) is 61.3 Å². The van der Waals surface area contributed by atoms with E-state index in [1.165, 1.54) is 0 Å². The normalized spacial score (nSPS) is 37.6. The van der Waals surface area contributed by atoms with E-state index in [1.807, 2.05) is 0 Å². The fourth-order valence-electron chi connectivity index (χ4n) is 3.80. The zero-order valence-electron chi connectivity index (χ0n) is 17.9. The Kier molecular flexibility index (Phi) is 8.54. The molecule has 9 N–H and O–H groups in total. The van der Waals surface area contributed by atoms with Crippen molar-refractivity contribution in [3.63, 3.8) is 0 Å². The lowest BCUT2D eigenvalue weighted by Crippen LogP contribution is -2.65. The van der Waals surface area contributed by atoms with Crippen LogP contribution in [0, 0.1) is 10.1 Å². The molecule has 3 rings (SSSR count). The van der Waals surface area contributed by atoms with Gasteiger partial charge in [0.05, 0.1) is 23.7 Å². The van der Waals surface area contributed by atoms with Crippen molar-refractivity contribution in [1.29, 1.82) is 0 Å². The summed E-state index contributed by atoms with van der Waals surface area (Å²) in [5, 5.41) is 92.9. The Labute approximate surface area is 196 Å². The van der Waals surface area contributed by atoms with Crippen molar-refractivity contribution in [2.75, 3.05) is 18.5 Å². The number of aromatic carboxylic acids is 1. The Balaban J connectivity index is 1.78. The summed E-state index contributed by atoms with van der Waals surface area (Å²) in [6.07, 6.45) is -16.3. The maximum absolute atomic E-state index is 11.3. The summed E-state index contributed by atoms with van der Waals surface area (Å²) in [4.78, 5) is 21.6. The summed E-state index contributed by atoms with van der Waals surface area (Å²) in [6, 6.07) is 2.82. The smallest absolute Gasteiger partial charge is 0.336 e. The zero-order chi connectivity index (χ0) is 26.0. The molecule has 2 aliphatic rings. The molecule has 0 amide bonds. The molecule has 16 heteroatoms. The number of ether oxygens (including phenoxy) is 3. The number of rotatable bonds is 8. The van der Waals surface area contributed by atoms with E-state index in [0.717, 1.165) is 18.2 Å². The topological polar surface area (TPSA) is 262 Å². The second-order valence-corrected chi connectivity index (χ2v) is 8.03. The fourth-order valence-corrected chi connectivity index (χ4v) is 3.80. The minimum Gasteiger partial charge on any atom is -0.478 e. The number of aliphatic hydroxyl groups excluding tert-OH is 7. The van der Waals surface area contributed by atoms with Crippen LogP contribution in [0.1, 0.15) is 10.4 Å². The Morgan fingerprint density at radius 2 is 1.60 bits per heavy atom. The van der Waals surface area contributed by atoms with Gasteiger partial charge < -0.3 is 60.4 Å². The van der Waals surface area contributed by atoms with Gasteiger partial charge in [0.25, 0.3) is 5.69 Å². The minimum atomic E-state index is -1.83. The van der Waals surface area contributed by atoms with E-state index in [9.17, 15) is 55.8 Å². The molecule has 2 aliphatic heterocycles. The van der Waals surface area contributed by atoms with E-state index in [2.05, 4.69) is 5.32 Å². The lowest BCUT2D eigenvalue weighted by atomic mass is 9.96. The molecule has 35 heavy (non-hydrogen) atoms. The number of nitrogens with one attached hydrogen (secondary N) is 1. The summed E-state index contributed by atoms with van der Waals surface area (Å²) in [5.41, 5.74) is -1.14. The summed E-state index contributed by atoms with van der Waals surface area (Å²) >= 11 is 0. The Morgan fingerprint density at radius 1 is 0.943 bits per heavy atom. The molecule has 0 saturated carbocycles. The molecule has 1 aromatic carbocycles. The SMILES string of the molecule is O=C(O)c1cc(N[C@@H]2O[C@H](CO)[C@@H](O[C@@H]3O[C@H](CO)[C@H](O)[C@H](O)[C@H]3O)[C@@H](O)[C@H]2O)cc([N+](=O)[O-])c1. The van der Waals surface area contributed by atoms with Gasteiger partial charge >= 0.3 is 5.97 Å². The van der Waals surface area contributed by atoms with Crippen LogP contribution in [0.5, 0.6) is 0 Å². The number of aliphatic hydroxyl groups is 7. The first-order valence-electron chi connectivity index (χ1n) is 10.4. The highest BCUT2D eigenvalue weighted by molar-refractivity contribution is 5.90. The molecule has 2 heterocycles. The molecule has 0 bridgehead atoms. The van der Waals surface area contributed by atoms with Crippen LogP contribution in [0.4, 0.5) is 11.4 Å². The maximum atomic E-state index is 11.3. The van der Waals surface area contributed by atoms with E-state index in [-0.39, 0.29) is 5.69 Å². The van der Waals surface area contributed by atoms with Gasteiger partial charge in [-0.3, -0.25) is 10.1 Å². The van der Waals surface area contributed by atoms with Crippen molar-refractivity contribution < 1.29 is 64.8 Å². The van der Waals surface area contributed by atoms with Gasteiger partial charge in [0.2, 0.25) is 0 Å². The van der Waals surface area contributed by atoms with Crippen molar-refractivity contribution in [1.82, 2.24) is 0 Å². The lowest BCUT2D eigenvalue weighted by molar-refractivity contribution is -0.384. The number of carboxylic acid groups (broad SMARTS) is 1. The van der Waals surface area contributed by atoms with Crippen LogP contribution < -0.4 is 5.32 Å². The number of non-ortho nitro benzene ring substituents is 1. The summed E-state index contributed by atoms with van der Waals surface area (Å²) in [7, 11) is 0. The Morgan fingerprint density at radius 3 is 2.17 bits per heavy atom. The molecule has 0 unspecified atom stereocenters. The number of nitro groups is 1. The molecule has 1 aromatic rings. The number of carboxylic acids is 1. The first-order chi connectivity index (χ1) is 16.5. The molecule has 0 spiro atoms. The molecule has 16 nitrogen and oxygen atoms in total. The number of benzene rings is 1. The molecule has 2 fully saturated rings. The van der Waals surface area contributed by atoms with Crippen LogP contribution in [-0.2, 0) is 14.2 Å². The van der Waals surface area contributed by atoms with Crippen molar-refractivity contribution in [3.05, 3.63) is 33.9 Å². The second-order valence-electron chi connectivity index (χ2n) is 8.03. The van der Waals surface area contributed by atoms with Crippen LogP contribution in [-0.4, -0.2) is 126 Å². The number of hydrogen-bond acceptors (Lipinski definition) is 14. The predicted molar refractivity (Wildman–Crippen MR) is 110 cm³/mol. The van der Waals surface area contributed by atoms with E-state index in [4.69, 9.17) is 14.2 Å². The number of carbonyl (C=O) groups is 1. The van der Waals surface area contributed by atoms with Gasteiger partial charge in [0.1, 0.15) is 48.8 Å². The highest BCUT2D eigenvalue weighted by atomic mass is 16.7. The van der Waals surface area contributed by atoms with Crippen LogP contribution in [0.3, 0.4) is 0 Å². The van der Waals surface area contributed by atoms with E-state index in [1.54, 1.807) is 0 Å².